The Balaban J connectivity index is 2.25. The van der Waals surface area contributed by atoms with Crippen molar-refractivity contribution in [2.45, 2.75) is 13.3 Å². The van der Waals surface area contributed by atoms with Gasteiger partial charge in [-0.05, 0) is 24.2 Å². The minimum absolute atomic E-state index is 0.324. The molecule has 2 aliphatic carbocycles. The second-order valence-corrected chi connectivity index (χ2v) is 3.46. The van der Waals surface area contributed by atoms with Gasteiger partial charge < -0.3 is 0 Å². The average Bonchev–Trinajstić information content (AvgIpc) is 2.46. The molecule has 0 radical (unpaired) electrons. The molecule has 0 heterocycles. The van der Waals surface area contributed by atoms with Crippen LogP contribution in [-0.2, 0) is 0 Å². The van der Waals surface area contributed by atoms with E-state index < -0.39 is 0 Å². The molecule has 1 unspecified atom stereocenters. The molecule has 1 nitrogen and oxygen atoms in total. The zero-order valence-electron chi connectivity index (χ0n) is 6.12. The standard InChI is InChI=1S/C9H11N/c1-6-7-2-3-9(6)8(4-7)5-10/h2-3,6-9H,4H2,1H3/t6-,7+,8?,9+/m0/s1. The molecule has 0 aromatic heterocycles. The molecular formula is C9H11N. The third-order valence-electron chi connectivity index (χ3n) is 3.02. The van der Waals surface area contributed by atoms with Crippen LogP contribution in [-0.4, -0.2) is 0 Å². The first-order chi connectivity index (χ1) is 4.83. The van der Waals surface area contributed by atoms with E-state index >= 15 is 0 Å². The molecule has 4 atom stereocenters. The highest BCUT2D eigenvalue weighted by Crippen LogP contribution is 2.47. The summed E-state index contributed by atoms with van der Waals surface area (Å²) in [6.45, 7) is 2.26. The summed E-state index contributed by atoms with van der Waals surface area (Å²) in [6, 6.07) is 2.37. The number of nitriles is 1. The van der Waals surface area contributed by atoms with Crippen LogP contribution in [0.1, 0.15) is 13.3 Å². The highest BCUT2D eigenvalue weighted by molar-refractivity contribution is 5.17. The van der Waals surface area contributed by atoms with Crippen LogP contribution in [0.15, 0.2) is 12.2 Å². The summed E-state index contributed by atoms with van der Waals surface area (Å²) < 4.78 is 0. The number of rotatable bonds is 0. The molecule has 0 saturated heterocycles. The summed E-state index contributed by atoms with van der Waals surface area (Å²) in [5.41, 5.74) is 0. The second-order valence-electron chi connectivity index (χ2n) is 3.46. The molecule has 0 aliphatic heterocycles. The van der Waals surface area contributed by atoms with E-state index in [2.05, 4.69) is 25.1 Å². The minimum atomic E-state index is 0.324. The molecule has 2 bridgehead atoms. The van der Waals surface area contributed by atoms with Gasteiger partial charge in [0.05, 0.1) is 12.0 Å². The van der Waals surface area contributed by atoms with E-state index in [4.69, 9.17) is 5.26 Å². The number of hydrogen-bond donors (Lipinski definition) is 0. The average molecular weight is 133 g/mol. The largest absolute Gasteiger partial charge is 0.198 e. The lowest BCUT2D eigenvalue weighted by molar-refractivity contribution is 0.455. The van der Waals surface area contributed by atoms with Crippen LogP contribution in [0.2, 0.25) is 0 Å². The van der Waals surface area contributed by atoms with Gasteiger partial charge in [0.2, 0.25) is 0 Å². The van der Waals surface area contributed by atoms with Crippen molar-refractivity contribution in [3.63, 3.8) is 0 Å². The zero-order chi connectivity index (χ0) is 7.14. The van der Waals surface area contributed by atoms with Gasteiger partial charge in [-0.2, -0.15) is 5.26 Å². The Morgan fingerprint density at radius 3 is 2.60 bits per heavy atom. The van der Waals surface area contributed by atoms with Gasteiger partial charge in [-0.1, -0.05) is 19.1 Å². The van der Waals surface area contributed by atoms with E-state index in [1.54, 1.807) is 0 Å². The Bertz CT molecular complexity index is 211. The Labute approximate surface area is 61.4 Å². The summed E-state index contributed by atoms with van der Waals surface area (Å²) in [7, 11) is 0. The zero-order valence-corrected chi connectivity index (χ0v) is 6.12. The third-order valence-corrected chi connectivity index (χ3v) is 3.02. The van der Waals surface area contributed by atoms with Crippen LogP contribution < -0.4 is 0 Å². The normalized spacial score (nSPS) is 49.6. The fourth-order valence-corrected chi connectivity index (χ4v) is 2.29. The van der Waals surface area contributed by atoms with Gasteiger partial charge in [0.1, 0.15) is 0 Å². The fourth-order valence-electron chi connectivity index (χ4n) is 2.29. The van der Waals surface area contributed by atoms with Gasteiger partial charge in [-0.15, -0.1) is 0 Å². The molecule has 0 aromatic carbocycles. The predicted octanol–water partition coefficient (Wildman–Crippen LogP) is 1.97. The van der Waals surface area contributed by atoms with Crippen LogP contribution in [0.25, 0.3) is 0 Å². The monoisotopic (exact) mass is 133 g/mol. The lowest BCUT2D eigenvalue weighted by Crippen LogP contribution is -2.06. The van der Waals surface area contributed by atoms with Crippen molar-refractivity contribution in [2.75, 3.05) is 0 Å². The van der Waals surface area contributed by atoms with Crippen LogP contribution in [0, 0.1) is 35.0 Å². The van der Waals surface area contributed by atoms with E-state index in [0.717, 1.165) is 18.3 Å². The lowest BCUT2D eigenvalue weighted by atomic mass is 9.93. The molecular weight excluding hydrogens is 122 g/mol. The van der Waals surface area contributed by atoms with Gasteiger partial charge in [-0.3, -0.25) is 0 Å². The highest BCUT2D eigenvalue weighted by atomic mass is 14.5. The number of hydrogen-bond acceptors (Lipinski definition) is 1. The SMILES string of the molecule is C[C@H]1[C@@H]2C=C[C@H]1C(C#N)C2. The smallest absolute Gasteiger partial charge is 0.0662 e. The van der Waals surface area contributed by atoms with Crippen LogP contribution in [0.4, 0.5) is 0 Å². The maximum absolute atomic E-state index is 8.72. The third kappa shape index (κ3) is 0.568. The maximum Gasteiger partial charge on any atom is 0.0662 e. The van der Waals surface area contributed by atoms with E-state index in [1.807, 2.05) is 0 Å². The van der Waals surface area contributed by atoms with E-state index in [-0.39, 0.29) is 0 Å². The molecule has 52 valence electrons. The van der Waals surface area contributed by atoms with Crippen molar-refractivity contribution in [1.82, 2.24) is 0 Å². The van der Waals surface area contributed by atoms with Crippen molar-refractivity contribution in [2.24, 2.45) is 23.7 Å². The molecule has 10 heavy (non-hydrogen) atoms. The van der Waals surface area contributed by atoms with Crippen molar-refractivity contribution in [3.8, 4) is 6.07 Å². The molecule has 1 heteroatoms. The topological polar surface area (TPSA) is 23.8 Å². The van der Waals surface area contributed by atoms with Crippen LogP contribution in [0.5, 0.6) is 0 Å². The number of allylic oxidation sites excluding steroid dienone is 2. The fraction of sp³-hybridized carbons (Fsp3) is 0.667. The van der Waals surface area contributed by atoms with Crippen LogP contribution >= 0.6 is 0 Å². The van der Waals surface area contributed by atoms with Gasteiger partial charge in [0.15, 0.2) is 0 Å². The van der Waals surface area contributed by atoms with Crippen molar-refractivity contribution in [3.05, 3.63) is 12.2 Å². The second kappa shape index (κ2) is 1.85. The first-order valence-electron chi connectivity index (χ1n) is 3.91. The Kier molecular flexibility index (Phi) is 1.11. The van der Waals surface area contributed by atoms with E-state index in [1.165, 1.54) is 0 Å². The summed E-state index contributed by atoms with van der Waals surface area (Å²) in [6.07, 6.45) is 5.62. The Hall–Kier alpha value is -0.770. The Morgan fingerprint density at radius 1 is 1.50 bits per heavy atom. The predicted molar refractivity (Wildman–Crippen MR) is 39.0 cm³/mol. The molecule has 2 rings (SSSR count). The van der Waals surface area contributed by atoms with Gasteiger partial charge in [0, 0.05) is 0 Å². The Morgan fingerprint density at radius 2 is 2.30 bits per heavy atom. The molecule has 0 spiro atoms. The number of nitrogens with zero attached hydrogens (tertiary/aromatic N) is 1. The van der Waals surface area contributed by atoms with Crippen LogP contribution in [0.3, 0.4) is 0 Å². The van der Waals surface area contributed by atoms with E-state index in [9.17, 15) is 0 Å². The molecule has 0 aromatic rings. The number of fused-ring (bicyclic) bond motifs is 2. The molecule has 1 fully saturated rings. The van der Waals surface area contributed by atoms with Gasteiger partial charge in [-0.25, -0.2) is 0 Å². The summed E-state index contributed by atoms with van der Waals surface area (Å²) >= 11 is 0. The molecule has 0 amide bonds. The van der Waals surface area contributed by atoms with Crippen molar-refractivity contribution < 1.29 is 0 Å². The maximum atomic E-state index is 8.72. The highest BCUT2D eigenvalue weighted by Gasteiger charge is 2.41. The lowest BCUT2D eigenvalue weighted by Gasteiger charge is -2.09. The van der Waals surface area contributed by atoms with Crippen molar-refractivity contribution >= 4 is 0 Å². The van der Waals surface area contributed by atoms with Gasteiger partial charge >= 0.3 is 0 Å². The minimum Gasteiger partial charge on any atom is -0.198 e. The summed E-state index contributed by atoms with van der Waals surface area (Å²) in [5.74, 6) is 2.36. The summed E-state index contributed by atoms with van der Waals surface area (Å²) in [5, 5.41) is 8.72. The van der Waals surface area contributed by atoms with Gasteiger partial charge in [0.25, 0.3) is 0 Å². The quantitative estimate of drug-likeness (QED) is 0.463. The first-order valence-corrected chi connectivity index (χ1v) is 3.91. The van der Waals surface area contributed by atoms with E-state index in [0.29, 0.717) is 11.8 Å². The first kappa shape index (κ1) is 5.97. The van der Waals surface area contributed by atoms with Crippen molar-refractivity contribution in [1.29, 1.82) is 5.26 Å². The molecule has 2 aliphatic rings. The molecule has 1 saturated carbocycles. The summed E-state index contributed by atoms with van der Waals surface area (Å²) in [4.78, 5) is 0. The molecule has 0 N–H and O–H groups in total.